The molecule has 2 unspecified atom stereocenters. The Bertz CT molecular complexity index is 631. The lowest BCUT2D eigenvalue weighted by Crippen LogP contribution is -2.30. The van der Waals surface area contributed by atoms with Crippen molar-refractivity contribution >= 4 is 10.0 Å². The summed E-state index contributed by atoms with van der Waals surface area (Å²) in [5.74, 6) is -0.927. The third-order valence-corrected chi connectivity index (χ3v) is 4.80. The lowest BCUT2D eigenvalue weighted by Gasteiger charge is -2.16. The molecule has 1 fully saturated rings. The Balaban J connectivity index is 2.47. The fourth-order valence-corrected chi connectivity index (χ4v) is 3.53. The molecular formula is C11H11FN2O4S. The topological polar surface area (TPSA) is 102 Å². The van der Waals surface area contributed by atoms with E-state index in [2.05, 4.69) is 0 Å². The molecule has 2 atom stereocenters. The minimum Gasteiger partial charge on any atom is -0.389 e. The van der Waals surface area contributed by atoms with Crippen molar-refractivity contribution in [3.63, 3.8) is 0 Å². The maximum absolute atomic E-state index is 13.4. The predicted molar refractivity (Wildman–Crippen MR) is 61.9 cm³/mol. The number of β-amino-alcohol motifs (C(OH)–C–C–N with tert-alkyl or cyclic N) is 2. The number of nitriles is 1. The average Bonchev–Trinajstić information content (AvgIpc) is 2.70. The van der Waals surface area contributed by atoms with Gasteiger partial charge in [-0.05, 0) is 12.1 Å². The number of nitrogens with zero attached hydrogens (tertiary/aromatic N) is 2. The van der Waals surface area contributed by atoms with Crippen molar-refractivity contribution < 1.29 is 23.0 Å². The standard InChI is InChI=1S/C11H11FN2O4S/c12-8-2-1-3-11(7(8)4-13)19(17,18)14-5-9(15)10(16)6-14/h1-3,9-10,15-16H,5-6H2. The Morgan fingerprint density at radius 2 is 1.89 bits per heavy atom. The lowest BCUT2D eigenvalue weighted by molar-refractivity contribution is 0.0572. The van der Waals surface area contributed by atoms with Gasteiger partial charge in [-0.2, -0.15) is 9.57 Å². The Labute approximate surface area is 109 Å². The molecule has 0 bridgehead atoms. The van der Waals surface area contributed by atoms with E-state index in [1.165, 1.54) is 12.1 Å². The van der Waals surface area contributed by atoms with Gasteiger partial charge in [0.25, 0.3) is 0 Å². The first kappa shape index (κ1) is 13.9. The zero-order valence-corrected chi connectivity index (χ0v) is 10.5. The van der Waals surface area contributed by atoms with E-state index >= 15 is 0 Å². The van der Waals surface area contributed by atoms with Crippen LogP contribution in [-0.2, 0) is 10.0 Å². The average molecular weight is 286 g/mol. The Morgan fingerprint density at radius 3 is 2.42 bits per heavy atom. The second kappa shape index (κ2) is 4.86. The summed E-state index contributed by atoms with van der Waals surface area (Å²) in [6, 6.07) is 4.81. The second-order valence-corrected chi connectivity index (χ2v) is 6.09. The molecule has 0 aliphatic carbocycles. The van der Waals surface area contributed by atoms with E-state index in [1.807, 2.05) is 0 Å². The summed E-state index contributed by atoms with van der Waals surface area (Å²) in [5.41, 5.74) is -0.571. The highest BCUT2D eigenvalue weighted by Crippen LogP contribution is 2.25. The molecule has 1 aliphatic rings. The van der Waals surface area contributed by atoms with Crippen molar-refractivity contribution in [3.05, 3.63) is 29.6 Å². The Morgan fingerprint density at radius 1 is 1.32 bits per heavy atom. The zero-order valence-electron chi connectivity index (χ0n) is 9.69. The van der Waals surface area contributed by atoms with E-state index in [4.69, 9.17) is 5.26 Å². The van der Waals surface area contributed by atoms with Gasteiger partial charge >= 0.3 is 0 Å². The van der Waals surface area contributed by atoms with Gasteiger partial charge in [0.05, 0.1) is 12.2 Å². The summed E-state index contributed by atoms with van der Waals surface area (Å²) in [6.07, 6.45) is -2.37. The van der Waals surface area contributed by atoms with Crippen LogP contribution >= 0.6 is 0 Å². The number of halogens is 1. The van der Waals surface area contributed by atoms with Gasteiger partial charge in [0.1, 0.15) is 22.3 Å². The number of aliphatic hydroxyl groups is 2. The third-order valence-electron chi connectivity index (χ3n) is 2.93. The van der Waals surface area contributed by atoms with Crippen LogP contribution in [-0.4, -0.2) is 48.2 Å². The van der Waals surface area contributed by atoms with Gasteiger partial charge in [0.15, 0.2) is 0 Å². The van der Waals surface area contributed by atoms with Crippen LogP contribution in [0.3, 0.4) is 0 Å². The number of rotatable bonds is 2. The van der Waals surface area contributed by atoms with Crippen molar-refractivity contribution in [2.45, 2.75) is 17.1 Å². The number of benzene rings is 1. The summed E-state index contributed by atoms with van der Waals surface area (Å²) in [6.45, 7) is -0.574. The molecule has 1 aromatic rings. The summed E-state index contributed by atoms with van der Waals surface area (Å²) >= 11 is 0. The van der Waals surface area contributed by atoms with Crippen molar-refractivity contribution in [2.75, 3.05) is 13.1 Å². The molecule has 0 aromatic heterocycles. The fourth-order valence-electron chi connectivity index (χ4n) is 1.90. The van der Waals surface area contributed by atoms with Gasteiger partial charge in [-0.1, -0.05) is 6.07 Å². The summed E-state index contributed by atoms with van der Waals surface area (Å²) in [7, 11) is -4.12. The van der Waals surface area contributed by atoms with Crippen LogP contribution in [0, 0.1) is 17.1 Å². The lowest BCUT2D eigenvalue weighted by atomic mass is 10.2. The van der Waals surface area contributed by atoms with Crippen molar-refractivity contribution in [1.82, 2.24) is 4.31 Å². The van der Waals surface area contributed by atoms with Gasteiger partial charge in [-0.3, -0.25) is 0 Å². The maximum Gasteiger partial charge on any atom is 0.244 e. The highest BCUT2D eigenvalue weighted by atomic mass is 32.2. The molecule has 8 heteroatoms. The molecule has 6 nitrogen and oxygen atoms in total. The molecule has 2 rings (SSSR count). The largest absolute Gasteiger partial charge is 0.389 e. The molecule has 2 N–H and O–H groups in total. The number of sulfonamides is 1. The van der Waals surface area contributed by atoms with Gasteiger partial charge in [0, 0.05) is 13.1 Å². The van der Waals surface area contributed by atoms with Crippen LogP contribution in [0.25, 0.3) is 0 Å². The monoisotopic (exact) mass is 286 g/mol. The van der Waals surface area contributed by atoms with Crippen LogP contribution in [0.4, 0.5) is 4.39 Å². The molecule has 1 saturated heterocycles. The number of hydrogen-bond acceptors (Lipinski definition) is 5. The molecule has 1 heterocycles. The smallest absolute Gasteiger partial charge is 0.244 e. The molecule has 102 valence electrons. The molecule has 0 spiro atoms. The first-order valence-electron chi connectivity index (χ1n) is 5.43. The van der Waals surface area contributed by atoms with Crippen LogP contribution in [0.5, 0.6) is 0 Å². The summed E-state index contributed by atoms with van der Waals surface area (Å²) < 4.78 is 38.7. The van der Waals surface area contributed by atoms with Crippen molar-refractivity contribution in [3.8, 4) is 6.07 Å². The molecular weight excluding hydrogens is 275 g/mol. The molecule has 0 radical (unpaired) electrons. The first-order valence-corrected chi connectivity index (χ1v) is 6.87. The highest BCUT2D eigenvalue weighted by Gasteiger charge is 2.38. The van der Waals surface area contributed by atoms with Crippen LogP contribution < -0.4 is 0 Å². The highest BCUT2D eigenvalue weighted by molar-refractivity contribution is 7.89. The minimum absolute atomic E-state index is 0.287. The van der Waals surface area contributed by atoms with E-state index in [-0.39, 0.29) is 13.1 Å². The Hall–Kier alpha value is -1.53. The van der Waals surface area contributed by atoms with E-state index in [0.29, 0.717) is 0 Å². The van der Waals surface area contributed by atoms with E-state index < -0.39 is 38.5 Å². The predicted octanol–water partition coefficient (Wildman–Crippen LogP) is -0.577. The minimum atomic E-state index is -4.12. The van der Waals surface area contributed by atoms with Crippen molar-refractivity contribution in [1.29, 1.82) is 5.26 Å². The van der Waals surface area contributed by atoms with Gasteiger partial charge in [-0.25, -0.2) is 12.8 Å². The molecule has 1 aromatic carbocycles. The SMILES string of the molecule is N#Cc1c(F)cccc1S(=O)(=O)N1CC(O)C(O)C1. The maximum atomic E-state index is 13.4. The third kappa shape index (κ3) is 2.33. The first-order chi connectivity index (χ1) is 8.87. The normalized spacial score (nSPS) is 24.3. The van der Waals surface area contributed by atoms with Gasteiger partial charge in [-0.15, -0.1) is 0 Å². The fraction of sp³-hybridized carbons (Fsp3) is 0.364. The zero-order chi connectivity index (χ0) is 14.2. The van der Waals surface area contributed by atoms with Gasteiger partial charge < -0.3 is 10.2 Å². The van der Waals surface area contributed by atoms with Crippen LogP contribution in [0.15, 0.2) is 23.1 Å². The van der Waals surface area contributed by atoms with E-state index in [1.54, 1.807) is 0 Å². The van der Waals surface area contributed by atoms with Gasteiger partial charge in [0.2, 0.25) is 10.0 Å². The van der Waals surface area contributed by atoms with Crippen LogP contribution in [0.1, 0.15) is 5.56 Å². The Kier molecular flexibility index (Phi) is 3.56. The summed E-state index contributed by atoms with van der Waals surface area (Å²) in [4.78, 5) is -0.462. The molecule has 19 heavy (non-hydrogen) atoms. The number of aliphatic hydroxyl groups excluding tert-OH is 2. The molecule has 1 aliphatic heterocycles. The quantitative estimate of drug-likeness (QED) is 0.757. The summed E-state index contributed by atoms with van der Waals surface area (Å²) in [5, 5.41) is 27.6. The number of hydrogen-bond donors (Lipinski definition) is 2. The second-order valence-electron chi connectivity index (χ2n) is 4.18. The molecule has 0 amide bonds. The van der Waals surface area contributed by atoms with E-state index in [0.717, 1.165) is 16.4 Å². The molecule has 0 saturated carbocycles. The van der Waals surface area contributed by atoms with Crippen LogP contribution in [0.2, 0.25) is 0 Å². The van der Waals surface area contributed by atoms with Crippen molar-refractivity contribution in [2.24, 2.45) is 0 Å². The van der Waals surface area contributed by atoms with E-state index in [9.17, 15) is 23.0 Å².